The largest absolute Gasteiger partial charge is 0.367 e. The Hall–Kier alpha value is -3.62. The van der Waals surface area contributed by atoms with Crippen LogP contribution in [0.5, 0.6) is 0 Å². The van der Waals surface area contributed by atoms with Gasteiger partial charge in [-0.1, -0.05) is 48.3 Å². The molecule has 3 aromatic heterocycles. The summed E-state index contributed by atoms with van der Waals surface area (Å²) in [6, 6.07) is 9.39. The van der Waals surface area contributed by atoms with Crippen LogP contribution in [-0.2, 0) is 0 Å². The number of benzene rings is 1. The van der Waals surface area contributed by atoms with E-state index in [1.165, 1.54) is 25.7 Å². The number of H-pyrrole nitrogens is 1. The van der Waals surface area contributed by atoms with E-state index in [4.69, 9.17) is 0 Å². The van der Waals surface area contributed by atoms with Gasteiger partial charge in [0.1, 0.15) is 12.1 Å². The van der Waals surface area contributed by atoms with Crippen molar-refractivity contribution in [3.05, 3.63) is 60.6 Å². The standard InChI is InChI=1S/C10H13N5.C9H6N2O2/c1-2-4-7(3-1)14-9-8-5-13-15-10(8)12-6-11-9;12-8(9-10-6-13-11-9)7-4-2-1-3-5-7/h5-7H,1-4H2,(H2,11,12,13,14,15);1-6H. The zero-order valence-corrected chi connectivity index (χ0v) is 15.1. The number of hydrogen-bond acceptors (Lipinski definition) is 8. The molecule has 0 radical (unpaired) electrons. The molecule has 5 rings (SSSR count). The summed E-state index contributed by atoms with van der Waals surface area (Å²) in [4.78, 5) is 23.6. The van der Waals surface area contributed by atoms with Gasteiger partial charge in [-0.25, -0.2) is 9.97 Å². The average Bonchev–Trinajstić information content (AvgIpc) is 3.50. The number of ketones is 1. The molecule has 4 aromatic rings. The number of fused-ring (bicyclic) bond motifs is 1. The first kappa shape index (κ1) is 17.8. The Balaban J connectivity index is 0.000000139. The monoisotopic (exact) mass is 377 g/mol. The van der Waals surface area contributed by atoms with E-state index in [0.717, 1.165) is 23.2 Å². The summed E-state index contributed by atoms with van der Waals surface area (Å²) in [5, 5.41) is 14.7. The van der Waals surface area contributed by atoms with Gasteiger partial charge in [0.25, 0.3) is 0 Å². The van der Waals surface area contributed by atoms with Gasteiger partial charge in [0.2, 0.25) is 18.0 Å². The van der Waals surface area contributed by atoms with Crippen LogP contribution >= 0.6 is 0 Å². The Kier molecular flexibility index (Phi) is 5.32. The second kappa shape index (κ2) is 8.38. The minimum Gasteiger partial charge on any atom is -0.367 e. The van der Waals surface area contributed by atoms with Crippen LogP contribution in [0, 0.1) is 0 Å². The Morgan fingerprint density at radius 1 is 1.11 bits per heavy atom. The van der Waals surface area contributed by atoms with Gasteiger partial charge in [-0.05, 0) is 12.8 Å². The SMILES string of the molecule is O=C(c1ccccc1)c1ncon1.c1nc(NC2CCCC2)c2cn[nH]c2n1. The smallest absolute Gasteiger partial charge is 0.243 e. The van der Waals surface area contributed by atoms with Crippen LogP contribution < -0.4 is 5.32 Å². The van der Waals surface area contributed by atoms with Crippen molar-refractivity contribution in [1.82, 2.24) is 30.3 Å². The molecule has 0 amide bonds. The zero-order valence-electron chi connectivity index (χ0n) is 15.1. The van der Waals surface area contributed by atoms with E-state index in [2.05, 4.69) is 40.1 Å². The molecular weight excluding hydrogens is 358 g/mol. The number of carbonyl (C=O) groups excluding carboxylic acids is 1. The molecule has 9 heteroatoms. The zero-order chi connectivity index (χ0) is 19.2. The summed E-state index contributed by atoms with van der Waals surface area (Å²) in [5.74, 6) is 0.765. The molecule has 9 nitrogen and oxygen atoms in total. The van der Waals surface area contributed by atoms with Crippen molar-refractivity contribution in [3.8, 4) is 0 Å². The summed E-state index contributed by atoms with van der Waals surface area (Å²) < 4.78 is 4.48. The summed E-state index contributed by atoms with van der Waals surface area (Å²) in [6.45, 7) is 0. The topological polar surface area (TPSA) is 122 Å². The van der Waals surface area contributed by atoms with Crippen molar-refractivity contribution < 1.29 is 9.32 Å². The highest BCUT2D eigenvalue weighted by Gasteiger charge is 2.16. The molecule has 0 unspecified atom stereocenters. The van der Waals surface area contributed by atoms with Crippen LogP contribution in [0.2, 0.25) is 0 Å². The van der Waals surface area contributed by atoms with Crippen molar-refractivity contribution >= 4 is 22.6 Å². The number of hydrogen-bond donors (Lipinski definition) is 2. The molecule has 1 aliphatic carbocycles. The number of nitrogens with zero attached hydrogens (tertiary/aromatic N) is 5. The molecule has 1 saturated carbocycles. The van der Waals surface area contributed by atoms with E-state index in [-0.39, 0.29) is 11.6 Å². The predicted octanol–water partition coefficient (Wildman–Crippen LogP) is 3.01. The van der Waals surface area contributed by atoms with Crippen molar-refractivity contribution in [2.45, 2.75) is 31.7 Å². The molecule has 0 saturated heterocycles. The summed E-state index contributed by atoms with van der Waals surface area (Å²) in [6.07, 6.45) is 9.59. The van der Waals surface area contributed by atoms with Crippen molar-refractivity contribution in [2.24, 2.45) is 0 Å². The van der Waals surface area contributed by atoms with E-state index < -0.39 is 0 Å². The summed E-state index contributed by atoms with van der Waals surface area (Å²) in [5.41, 5.74) is 1.36. The molecule has 28 heavy (non-hydrogen) atoms. The quantitative estimate of drug-likeness (QED) is 0.520. The van der Waals surface area contributed by atoms with Crippen molar-refractivity contribution in [2.75, 3.05) is 5.32 Å². The minimum atomic E-state index is -0.227. The molecule has 3 heterocycles. The van der Waals surface area contributed by atoms with Gasteiger partial charge in [0, 0.05) is 11.6 Å². The number of nitrogens with one attached hydrogen (secondary N) is 2. The summed E-state index contributed by atoms with van der Waals surface area (Å²) in [7, 11) is 0. The van der Waals surface area contributed by atoms with Crippen LogP contribution in [-0.4, -0.2) is 42.1 Å². The molecule has 0 aliphatic heterocycles. The Labute approximate surface area is 160 Å². The van der Waals surface area contributed by atoms with Crippen molar-refractivity contribution in [1.29, 1.82) is 0 Å². The van der Waals surface area contributed by atoms with Gasteiger partial charge >= 0.3 is 0 Å². The van der Waals surface area contributed by atoms with Gasteiger partial charge in [-0.2, -0.15) is 10.1 Å². The maximum absolute atomic E-state index is 11.5. The van der Waals surface area contributed by atoms with Crippen LogP contribution in [0.1, 0.15) is 41.9 Å². The summed E-state index contributed by atoms with van der Waals surface area (Å²) >= 11 is 0. The molecule has 0 spiro atoms. The van der Waals surface area contributed by atoms with Gasteiger partial charge in [0.05, 0.1) is 11.6 Å². The lowest BCUT2D eigenvalue weighted by molar-refractivity contribution is 0.102. The van der Waals surface area contributed by atoms with Gasteiger partial charge in [-0.3, -0.25) is 9.89 Å². The highest BCUT2D eigenvalue weighted by Crippen LogP contribution is 2.24. The molecule has 1 aliphatic rings. The van der Waals surface area contributed by atoms with Gasteiger partial charge in [0.15, 0.2) is 5.65 Å². The fraction of sp³-hybridized carbons (Fsp3) is 0.263. The second-order valence-electron chi connectivity index (χ2n) is 6.43. The number of anilines is 1. The van der Waals surface area contributed by atoms with Crippen LogP contribution in [0.3, 0.4) is 0 Å². The predicted molar refractivity (Wildman–Crippen MR) is 102 cm³/mol. The highest BCUT2D eigenvalue weighted by molar-refractivity contribution is 6.06. The van der Waals surface area contributed by atoms with E-state index in [1.54, 1.807) is 36.8 Å². The fourth-order valence-electron chi connectivity index (χ4n) is 3.13. The second-order valence-corrected chi connectivity index (χ2v) is 6.43. The molecule has 0 atom stereocenters. The first-order valence-electron chi connectivity index (χ1n) is 9.08. The van der Waals surface area contributed by atoms with E-state index in [9.17, 15) is 4.79 Å². The Morgan fingerprint density at radius 2 is 1.93 bits per heavy atom. The lowest BCUT2D eigenvalue weighted by Crippen LogP contribution is -2.15. The lowest BCUT2D eigenvalue weighted by Gasteiger charge is -2.12. The number of carbonyl (C=O) groups is 1. The number of aromatic nitrogens is 6. The third kappa shape index (κ3) is 4.03. The Bertz CT molecular complexity index is 1020. The Morgan fingerprint density at radius 3 is 2.68 bits per heavy atom. The van der Waals surface area contributed by atoms with Crippen LogP contribution in [0.25, 0.3) is 11.0 Å². The third-order valence-corrected chi connectivity index (χ3v) is 4.54. The first-order chi connectivity index (χ1) is 13.8. The fourth-order valence-corrected chi connectivity index (χ4v) is 3.13. The maximum atomic E-state index is 11.5. The normalized spacial score (nSPS) is 13.9. The highest BCUT2D eigenvalue weighted by atomic mass is 16.5. The maximum Gasteiger partial charge on any atom is 0.243 e. The molecule has 0 bridgehead atoms. The average molecular weight is 377 g/mol. The van der Waals surface area contributed by atoms with Crippen LogP contribution in [0.4, 0.5) is 5.82 Å². The molecule has 1 aromatic carbocycles. The lowest BCUT2D eigenvalue weighted by atomic mass is 10.1. The number of rotatable bonds is 4. The third-order valence-electron chi connectivity index (χ3n) is 4.54. The van der Waals surface area contributed by atoms with E-state index in [0.29, 0.717) is 11.6 Å². The van der Waals surface area contributed by atoms with Gasteiger partial charge in [-0.15, -0.1) is 0 Å². The van der Waals surface area contributed by atoms with E-state index in [1.807, 2.05) is 6.07 Å². The first-order valence-corrected chi connectivity index (χ1v) is 9.08. The molecular formula is C19H19N7O2. The molecule has 2 N–H and O–H groups in total. The van der Waals surface area contributed by atoms with E-state index >= 15 is 0 Å². The van der Waals surface area contributed by atoms with Crippen molar-refractivity contribution in [3.63, 3.8) is 0 Å². The number of aromatic amines is 1. The molecule has 142 valence electrons. The minimum absolute atomic E-state index is 0.0891. The van der Waals surface area contributed by atoms with Crippen LogP contribution in [0.15, 0.2) is 53.8 Å². The molecule has 1 fully saturated rings. The van der Waals surface area contributed by atoms with Gasteiger partial charge < -0.3 is 9.84 Å².